The summed E-state index contributed by atoms with van der Waals surface area (Å²) in [7, 11) is 0. The lowest BCUT2D eigenvalue weighted by Gasteiger charge is -2.01. The van der Waals surface area contributed by atoms with Gasteiger partial charge in [0.2, 0.25) is 0 Å². The van der Waals surface area contributed by atoms with Crippen LogP contribution in [-0.2, 0) is 11.5 Å². The molecule has 0 spiro atoms. The van der Waals surface area contributed by atoms with Crippen LogP contribution in [-0.4, -0.2) is 10.3 Å². The predicted octanol–water partition coefficient (Wildman–Crippen LogP) is 4.42. The first-order chi connectivity index (χ1) is 11.1. The second-order valence-corrected chi connectivity index (χ2v) is 7.03. The van der Waals surface area contributed by atoms with E-state index in [1.807, 2.05) is 36.4 Å². The van der Waals surface area contributed by atoms with Crippen LogP contribution in [0.25, 0.3) is 21.9 Å². The Hall–Kier alpha value is -1.64. The van der Waals surface area contributed by atoms with Crippen LogP contribution in [0.5, 0.6) is 0 Å². The third-order valence-electron chi connectivity index (χ3n) is 3.45. The van der Waals surface area contributed by atoms with Gasteiger partial charge in [-0.25, -0.2) is 0 Å². The van der Waals surface area contributed by atoms with Gasteiger partial charge in [0.1, 0.15) is 11.2 Å². The van der Waals surface area contributed by atoms with Gasteiger partial charge < -0.3 is 15.9 Å². The second-order valence-electron chi connectivity index (χ2n) is 5.00. The summed E-state index contributed by atoms with van der Waals surface area (Å²) in [5.74, 6) is 1.20. The van der Waals surface area contributed by atoms with Crippen molar-refractivity contribution in [3.8, 4) is 0 Å². The Morgan fingerprint density at radius 2 is 1.25 bits per heavy atom. The predicted molar refractivity (Wildman–Crippen MR) is 110 cm³/mol. The summed E-state index contributed by atoms with van der Waals surface area (Å²) in [5, 5.41) is 17.0. The SMILES string of the molecule is Br.N=C(N)SCc1cccc2c1oc1c(CSC(=N)N)cccc12. The molecule has 1 heterocycles. The minimum Gasteiger partial charge on any atom is -0.455 e. The van der Waals surface area contributed by atoms with Gasteiger partial charge in [0.25, 0.3) is 0 Å². The molecule has 3 aromatic rings. The fraction of sp³-hybridized carbons (Fsp3) is 0.125. The van der Waals surface area contributed by atoms with Crippen LogP contribution in [0.1, 0.15) is 11.1 Å². The van der Waals surface area contributed by atoms with Gasteiger partial charge in [-0.15, -0.1) is 17.0 Å². The van der Waals surface area contributed by atoms with Crippen LogP contribution in [0.4, 0.5) is 0 Å². The zero-order valence-electron chi connectivity index (χ0n) is 12.7. The number of fused-ring (bicyclic) bond motifs is 3. The maximum atomic E-state index is 7.36. The van der Waals surface area contributed by atoms with Gasteiger partial charge in [0.15, 0.2) is 10.3 Å². The van der Waals surface area contributed by atoms with Crippen LogP contribution < -0.4 is 11.5 Å². The van der Waals surface area contributed by atoms with Crippen molar-refractivity contribution in [1.82, 2.24) is 0 Å². The number of thioether (sulfide) groups is 2. The first-order valence-electron chi connectivity index (χ1n) is 6.92. The Morgan fingerprint density at radius 1 is 0.833 bits per heavy atom. The van der Waals surface area contributed by atoms with Crippen molar-refractivity contribution in [3.05, 3.63) is 47.5 Å². The van der Waals surface area contributed by atoms with E-state index in [1.165, 1.54) is 23.5 Å². The molecule has 0 amide bonds. The normalized spacial score (nSPS) is 10.7. The minimum atomic E-state index is 0. The smallest absolute Gasteiger partial charge is 0.151 e. The molecule has 0 bridgehead atoms. The largest absolute Gasteiger partial charge is 0.455 e. The summed E-state index contributed by atoms with van der Waals surface area (Å²) in [6.07, 6.45) is 0. The molecule has 0 saturated carbocycles. The highest BCUT2D eigenvalue weighted by atomic mass is 79.9. The third-order valence-corrected chi connectivity index (χ3v) is 4.99. The van der Waals surface area contributed by atoms with E-state index in [-0.39, 0.29) is 27.3 Å². The molecule has 5 nitrogen and oxygen atoms in total. The van der Waals surface area contributed by atoms with E-state index in [9.17, 15) is 0 Å². The van der Waals surface area contributed by atoms with Crippen LogP contribution in [0.3, 0.4) is 0 Å². The Kier molecular flexibility index (Phi) is 6.20. The van der Waals surface area contributed by atoms with Crippen LogP contribution in [0, 0.1) is 10.8 Å². The molecule has 8 heteroatoms. The molecule has 0 fully saturated rings. The molecule has 0 radical (unpaired) electrons. The number of nitrogens with one attached hydrogen (secondary N) is 2. The van der Waals surface area contributed by atoms with Crippen molar-refractivity contribution < 1.29 is 4.42 Å². The molecular formula is C16H17BrN4OS2. The number of amidine groups is 2. The van der Waals surface area contributed by atoms with Crippen molar-refractivity contribution in [1.29, 1.82) is 10.8 Å². The number of hydrogen-bond donors (Lipinski definition) is 4. The number of furan rings is 1. The summed E-state index contributed by atoms with van der Waals surface area (Å²) >= 11 is 2.56. The number of halogens is 1. The first-order valence-corrected chi connectivity index (χ1v) is 8.89. The lowest BCUT2D eigenvalue weighted by atomic mass is 10.1. The Morgan fingerprint density at radius 3 is 1.62 bits per heavy atom. The topological polar surface area (TPSA) is 113 Å². The van der Waals surface area contributed by atoms with E-state index in [1.54, 1.807) is 0 Å². The molecule has 0 aliphatic carbocycles. The van der Waals surface area contributed by atoms with E-state index >= 15 is 0 Å². The zero-order chi connectivity index (χ0) is 16.4. The van der Waals surface area contributed by atoms with E-state index in [0.717, 1.165) is 33.1 Å². The molecule has 1 aromatic heterocycles. The Balaban J connectivity index is 0.00000208. The maximum Gasteiger partial charge on any atom is 0.151 e. The van der Waals surface area contributed by atoms with Gasteiger partial charge in [0.05, 0.1) is 0 Å². The lowest BCUT2D eigenvalue weighted by molar-refractivity contribution is 0.662. The molecule has 0 atom stereocenters. The van der Waals surface area contributed by atoms with Crippen molar-refractivity contribution in [2.45, 2.75) is 11.5 Å². The third kappa shape index (κ3) is 3.88. The highest BCUT2D eigenvalue weighted by Crippen LogP contribution is 2.35. The highest BCUT2D eigenvalue weighted by Gasteiger charge is 2.14. The average molecular weight is 425 g/mol. The van der Waals surface area contributed by atoms with Crippen LogP contribution in [0.2, 0.25) is 0 Å². The molecule has 0 aliphatic heterocycles. The van der Waals surface area contributed by atoms with Gasteiger partial charge in [-0.05, 0) is 0 Å². The molecule has 126 valence electrons. The zero-order valence-corrected chi connectivity index (χ0v) is 16.0. The fourth-order valence-electron chi connectivity index (χ4n) is 2.48. The average Bonchev–Trinajstić information content (AvgIpc) is 2.90. The Bertz CT molecular complexity index is 837. The number of rotatable bonds is 4. The van der Waals surface area contributed by atoms with Gasteiger partial charge in [-0.2, -0.15) is 0 Å². The summed E-state index contributed by atoms with van der Waals surface area (Å²) in [6.45, 7) is 0. The maximum absolute atomic E-state index is 7.36. The van der Waals surface area contributed by atoms with E-state index in [0.29, 0.717) is 11.5 Å². The molecule has 24 heavy (non-hydrogen) atoms. The molecule has 0 saturated heterocycles. The minimum absolute atomic E-state index is 0. The first kappa shape index (κ1) is 18.7. The monoisotopic (exact) mass is 424 g/mol. The van der Waals surface area contributed by atoms with Crippen molar-refractivity contribution in [2.75, 3.05) is 0 Å². The second kappa shape index (κ2) is 7.96. The highest BCUT2D eigenvalue weighted by molar-refractivity contribution is 8.93. The molecule has 2 aromatic carbocycles. The summed E-state index contributed by atoms with van der Waals surface area (Å²) in [4.78, 5) is 0. The Labute approximate surface area is 158 Å². The molecular weight excluding hydrogens is 408 g/mol. The van der Waals surface area contributed by atoms with Crippen molar-refractivity contribution in [2.24, 2.45) is 11.5 Å². The summed E-state index contributed by atoms with van der Waals surface area (Å²) in [5.41, 5.74) is 14.6. The standard InChI is InChI=1S/C16H16N4OS2.BrH/c17-15(18)22-7-9-3-1-5-11-12-6-2-4-10(8-23-16(19)20)14(12)21-13(9)11;/h1-6H,7-8H2,(H3,17,18)(H3,19,20);1H. The van der Waals surface area contributed by atoms with Gasteiger partial charge in [-0.1, -0.05) is 59.9 Å². The molecule has 0 aliphatic rings. The number of nitrogens with two attached hydrogens (primary N) is 2. The van der Waals surface area contributed by atoms with E-state index in [2.05, 4.69) is 0 Å². The van der Waals surface area contributed by atoms with Gasteiger partial charge in [0, 0.05) is 33.4 Å². The number of hydrogen-bond acceptors (Lipinski definition) is 5. The van der Waals surface area contributed by atoms with Gasteiger partial charge in [-0.3, -0.25) is 10.8 Å². The summed E-state index contributed by atoms with van der Waals surface area (Å²) in [6, 6.07) is 12.0. The van der Waals surface area contributed by atoms with E-state index < -0.39 is 0 Å². The number of benzene rings is 2. The van der Waals surface area contributed by atoms with E-state index in [4.69, 9.17) is 26.7 Å². The molecule has 0 unspecified atom stereocenters. The quantitative estimate of drug-likeness (QED) is 0.365. The fourth-order valence-corrected chi connectivity index (χ4v) is 3.55. The summed E-state index contributed by atoms with van der Waals surface area (Å²) < 4.78 is 6.13. The lowest BCUT2D eigenvalue weighted by Crippen LogP contribution is -2.03. The molecule has 6 N–H and O–H groups in total. The van der Waals surface area contributed by atoms with Crippen molar-refractivity contribution in [3.63, 3.8) is 0 Å². The van der Waals surface area contributed by atoms with Gasteiger partial charge >= 0.3 is 0 Å². The van der Waals surface area contributed by atoms with Crippen molar-refractivity contribution >= 4 is 72.8 Å². The molecule has 3 rings (SSSR count). The van der Waals surface area contributed by atoms with Crippen LogP contribution >= 0.6 is 40.5 Å². The number of para-hydroxylation sites is 2. The van der Waals surface area contributed by atoms with Crippen LogP contribution in [0.15, 0.2) is 40.8 Å².